The number of rotatable bonds is 11. The summed E-state index contributed by atoms with van der Waals surface area (Å²) in [5.41, 5.74) is 5.25. The van der Waals surface area contributed by atoms with Crippen LogP contribution in [-0.2, 0) is 11.2 Å². The van der Waals surface area contributed by atoms with E-state index >= 15 is 0 Å². The Kier molecular flexibility index (Phi) is 8.37. The van der Waals surface area contributed by atoms with Crippen molar-refractivity contribution in [3.8, 4) is 5.75 Å². The highest BCUT2D eigenvalue weighted by molar-refractivity contribution is 5.85. The minimum Gasteiger partial charge on any atom is -0.427 e. The minimum atomic E-state index is -0.133. The van der Waals surface area contributed by atoms with Crippen LogP contribution in [-0.4, -0.2) is 35.5 Å². The molecule has 0 spiro atoms. The highest BCUT2D eigenvalue weighted by Crippen LogP contribution is 2.26. The first-order valence-corrected chi connectivity index (χ1v) is 12.5. The van der Waals surface area contributed by atoms with Crippen LogP contribution in [0.2, 0.25) is 0 Å². The third kappa shape index (κ3) is 6.58. The summed E-state index contributed by atoms with van der Waals surface area (Å²) in [5.74, 6) is 0.519. The third-order valence-electron chi connectivity index (χ3n) is 6.56. The summed E-state index contributed by atoms with van der Waals surface area (Å²) in [6, 6.07) is 16.6. The number of aromatic amines is 1. The molecule has 0 saturated carbocycles. The number of carbonyl (C=O) groups is 1. The van der Waals surface area contributed by atoms with E-state index < -0.39 is 0 Å². The molecule has 1 N–H and O–H groups in total. The molecule has 4 nitrogen and oxygen atoms in total. The summed E-state index contributed by atoms with van der Waals surface area (Å²) < 4.78 is 5.57. The topological polar surface area (TPSA) is 45.3 Å². The summed E-state index contributed by atoms with van der Waals surface area (Å²) in [6.07, 6.45) is 12.6. The number of ether oxygens (including phenoxy) is 1. The molecule has 1 aliphatic rings. The quantitative estimate of drug-likeness (QED) is 0.202. The summed E-state index contributed by atoms with van der Waals surface area (Å²) in [5, 5.41) is 1.17. The fourth-order valence-corrected chi connectivity index (χ4v) is 4.61. The van der Waals surface area contributed by atoms with Crippen LogP contribution in [0, 0.1) is 0 Å². The summed E-state index contributed by atoms with van der Waals surface area (Å²) in [6.45, 7) is 5.46. The molecule has 0 amide bonds. The molecule has 1 aliphatic heterocycles. The molecule has 4 heteroatoms. The van der Waals surface area contributed by atoms with Crippen molar-refractivity contribution in [3.05, 3.63) is 71.9 Å². The van der Waals surface area contributed by atoms with E-state index in [2.05, 4.69) is 59.4 Å². The second-order valence-electron chi connectivity index (χ2n) is 9.06. The number of nitrogens with zero attached hydrogens (tertiary/aromatic N) is 1. The molecule has 0 aliphatic carbocycles. The van der Waals surface area contributed by atoms with Crippen molar-refractivity contribution in [1.82, 2.24) is 9.88 Å². The average molecular weight is 445 g/mol. The van der Waals surface area contributed by atoms with Gasteiger partial charge in [0.25, 0.3) is 0 Å². The summed E-state index contributed by atoms with van der Waals surface area (Å²) >= 11 is 0. The predicted molar refractivity (Wildman–Crippen MR) is 136 cm³/mol. The van der Waals surface area contributed by atoms with E-state index in [-0.39, 0.29) is 5.97 Å². The maximum Gasteiger partial charge on any atom is 0.311 e. The largest absolute Gasteiger partial charge is 0.427 e. The van der Waals surface area contributed by atoms with Crippen LogP contribution in [0.5, 0.6) is 5.75 Å². The lowest BCUT2D eigenvalue weighted by Crippen LogP contribution is -2.29. The van der Waals surface area contributed by atoms with Crippen LogP contribution >= 0.6 is 0 Å². The standard InChI is InChI=1S/C29H36N2O2/c1-2-3-5-13-29(32)33-26-14-15-28-27(21-26)25(22-30-28)12-8-9-18-31-19-16-24(17-20-31)23-10-6-4-7-11-23/h4,6-7,10-11,14-16,21-22,30H,2-3,5,8-9,12-13,17-20H2,1H3. The van der Waals surface area contributed by atoms with Crippen LogP contribution < -0.4 is 4.74 Å². The fourth-order valence-electron chi connectivity index (χ4n) is 4.61. The second-order valence-corrected chi connectivity index (χ2v) is 9.06. The van der Waals surface area contributed by atoms with Crippen molar-refractivity contribution in [1.29, 1.82) is 0 Å². The number of esters is 1. The van der Waals surface area contributed by atoms with Gasteiger partial charge in [-0.25, -0.2) is 0 Å². The molecule has 0 bridgehead atoms. The number of aryl methyl sites for hydroxylation is 1. The molecule has 33 heavy (non-hydrogen) atoms. The van der Waals surface area contributed by atoms with Crippen molar-refractivity contribution < 1.29 is 9.53 Å². The minimum absolute atomic E-state index is 0.133. The number of carbonyl (C=O) groups excluding carboxylic acids is 1. The van der Waals surface area contributed by atoms with Crippen LogP contribution in [0.1, 0.15) is 63.0 Å². The molecule has 0 fully saturated rings. The van der Waals surface area contributed by atoms with Crippen molar-refractivity contribution in [2.24, 2.45) is 0 Å². The van der Waals surface area contributed by atoms with Gasteiger partial charge in [0.2, 0.25) is 0 Å². The Morgan fingerprint density at radius 2 is 1.94 bits per heavy atom. The number of hydrogen-bond donors (Lipinski definition) is 1. The van der Waals surface area contributed by atoms with E-state index in [0.29, 0.717) is 12.2 Å². The van der Waals surface area contributed by atoms with E-state index in [4.69, 9.17) is 4.74 Å². The smallest absolute Gasteiger partial charge is 0.311 e. The number of benzene rings is 2. The molecular formula is C29H36N2O2. The van der Waals surface area contributed by atoms with E-state index in [9.17, 15) is 4.79 Å². The Balaban J connectivity index is 1.24. The van der Waals surface area contributed by atoms with Gasteiger partial charge >= 0.3 is 5.97 Å². The predicted octanol–water partition coefficient (Wildman–Crippen LogP) is 6.77. The first-order chi connectivity index (χ1) is 16.2. The molecule has 2 aromatic carbocycles. The zero-order valence-corrected chi connectivity index (χ0v) is 19.8. The summed E-state index contributed by atoms with van der Waals surface area (Å²) in [4.78, 5) is 18.0. The van der Waals surface area contributed by atoms with Gasteiger partial charge in [-0.05, 0) is 73.5 Å². The lowest BCUT2D eigenvalue weighted by atomic mass is 9.99. The maximum absolute atomic E-state index is 12.1. The van der Waals surface area contributed by atoms with Gasteiger partial charge in [0.05, 0.1) is 0 Å². The molecule has 0 radical (unpaired) electrons. The number of H-pyrrole nitrogens is 1. The summed E-state index contributed by atoms with van der Waals surface area (Å²) in [7, 11) is 0. The van der Waals surface area contributed by atoms with Crippen LogP contribution in [0.25, 0.3) is 16.5 Å². The Hall–Kier alpha value is -2.85. The van der Waals surface area contributed by atoms with Crippen molar-refractivity contribution >= 4 is 22.4 Å². The Bertz CT molecular complexity index is 1070. The molecule has 2 heterocycles. The SMILES string of the molecule is CCCCCC(=O)Oc1ccc2[nH]cc(CCCCN3CC=C(c4ccccc4)CC3)c2c1. The van der Waals surface area contributed by atoms with Gasteiger partial charge in [0, 0.05) is 36.6 Å². The number of unbranched alkanes of at least 4 members (excludes halogenated alkanes) is 3. The van der Waals surface area contributed by atoms with Crippen molar-refractivity contribution in [2.75, 3.05) is 19.6 Å². The molecule has 0 atom stereocenters. The molecule has 174 valence electrons. The zero-order chi connectivity index (χ0) is 22.9. The molecule has 0 saturated heterocycles. The van der Waals surface area contributed by atoms with Gasteiger partial charge in [0.1, 0.15) is 5.75 Å². The second kappa shape index (κ2) is 11.9. The molecule has 1 aromatic heterocycles. The highest BCUT2D eigenvalue weighted by Gasteiger charge is 2.13. The molecule has 3 aromatic rings. The molecule has 4 rings (SSSR count). The lowest BCUT2D eigenvalue weighted by molar-refractivity contribution is -0.134. The zero-order valence-electron chi connectivity index (χ0n) is 19.8. The van der Waals surface area contributed by atoms with Gasteiger partial charge in [-0.3, -0.25) is 9.69 Å². The Morgan fingerprint density at radius 1 is 1.06 bits per heavy atom. The van der Waals surface area contributed by atoms with Gasteiger partial charge in [-0.1, -0.05) is 56.2 Å². The highest BCUT2D eigenvalue weighted by atomic mass is 16.5. The normalized spacial score (nSPS) is 14.4. The third-order valence-corrected chi connectivity index (χ3v) is 6.56. The van der Waals surface area contributed by atoms with E-state index in [0.717, 1.165) is 63.7 Å². The van der Waals surface area contributed by atoms with E-state index in [1.807, 2.05) is 18.2 Å². The van der Waals surface area contributed by atoms with Gasteiger partial charge in [0.15, 0.2) is 0 Å². The molecule has 0 unspecified atom stereocenters. The van der Waals surface area contributed by atoms with Crippen LogP contribution in [0.3, 0.4) is 0 Å². The van der Waals surface area contributed by atoms with Crippen molar-refractivity contribution in [3.63, 3.8) is 0 Å². The number of hydrogen-bond acceptors (Lipinski definition) is 3. The number of aromatic nitrogens is 1. The monoisotopic (exact) mass is 444 g/mol. The maximum atomic E-state index is 12.1. The molecular weight excluding hydrogens is 408 g/mol. The average Bonchev–Trinajstić information content (AvgIpc) is 3.25. The first kappa shape index (κ1) is 23.3. The lowest BCUT2D eigenvalue weighted by Gasteiger charge is -2.26. The van der Waals surface area contributed by atoms with Crippen molar-refractivity contribution in [2.45, 2.75) is 58.3 Å². The van der Waals surface area contributed by atoms with Crippen LogP contribution in [0.4, 0.5) is 0 Å². The Labute approximate surface area is 197 Å². The first-order valence-electron chi connectivity index (χ1n) is 12.5. The number of nitrogens with one attached hydrogen (secondary N) is 1. The Morgan fingerprint density at radius 3 is 2.73 bits per heavy atom. The van der Waals surface area contributed by atoms with Crippen LogP contribution in [0.15, 0.2) is 60.8 Å². The fraction of sp³-hybridized carbons (Fsp3) is 0.414. The number of fused-ring (bicyclic) bond motifs is 1. The van der Waals surface area contributed by atoms with Gasteiger partial charge < -0.3 is 9.72 Å². The van der Waals surface area contributed by atoms with Gasteiger partial charge in [-0.2, -0.15) is 0 Å². The van der Waals surface area contributed by atoms with E-state index in [1.54, 1.807) is 0 Å². The van der Waals surface area contributed by atoms with E-state index in [1.165, 1.54) is 28.5 Å². The van der Waals surface area contributed by atoms with Gasteiger partial charge in [-0.15, -0.1) is 0 Å².